The third-order valence-corrected chi connectivity index (χ3v) is 6.61. The van der Waals surface area contributed by atoms with E-state index in [0.29, 0.717) is 23.7 Å². The summed E-state index contributed by atoms with van der Waals surface area (Å²) >= 11 is 0. The average Bonchev–Trinajstić information content (AvgIpc) is 2.82. The molecule has 0 heterocycles. The number of carbonyl (C=O) groups excluding carboxylic acids is 1. The number of nitrogens with one attached hydrogen (secondary N) is 1. The summed E-state index contributed by atoms with van der Waals surface area (Å²) in [4.78, 5) is 12.7. The SMILES string of the molecule is CCCCCNC(=O)CN(c1ccc(Oc2ccccc2)cc1)S(=O)(=O)c1ccccc1. The Bertz CT molecular complexity index is 1090. The molecule has 32 heavy (non-hydrogen) atoms. The molecule has 0 fully saturated rings. The summed E-state index contributed by atoms with van der Waals surface area (Å²) in [5, 5.41) is 2.82. The van der Waals surface area contributed by atoms with Crippen molar-refractivity contribution >= 4 is 21.6 Å². The quantitative estimate of drug-likeness (QED) is 0.416. The van der Waals surface area contributed by atoms with Gasteiger partial charge in [0.25, 0.3) is 10.0 Å². The van der Waals surface area contributed by atoms with Crippen molar-refractivity contribution in [1.82, 2.24) is 5.32 Å². The standard InChI is InChI=1S/C25H28N2O4S/c1-2-3-10-19-26-25(28)20-27(32(29,30)24-13-8-5-9-14-24)21-15-17-23(18-16-21)31-22-11-6-4-7-12-22/h4-9,11-18H,2-3,10,19-20H2,1H3,(H,26,28). The number of anilines is 1. The van der Waals surface area contributed by atoms with Gasteiger partial charge in [0.05, 0.1) is 10.6 Å². The topological polar surface area (TPSA) is 75.7 Å². The largest absolute Gasteiger partial charge is 0.457 e. The van der Waals surface area contributed by atoms with E-state index in [4.69, 9.17) is 4.74 Å². The van der Waals surface area contributed by atoms with Crippen LogP contribution in [0.1, 0.15) is 26.2 Å². The lowest BCUT2D eigenvalue weighted by Crippen LogP contribution is -2.41. The van der Waals surface area contributed by atoms with Crippen LogP contribution < -0.4 is 14.4 Å². The van der Waals surface area contributed by atoms with E-state index in [1.165, 1.54) is 12.1 Å². The van der Waals surface area contributed by atoms with Gasteiger partial charge < -0.3 is 10.1 Å². The van der Waals surface area contributed by atoms with E-state index in [-0.39, 0.29) is 17.3 Å². The van der Waals surface area contributed by atoms with E-state index in [1.807, 2.05) is 30.3 Å². The second kappa shape index (κ2) is 11.3. The smallest absolute Gasteiger partial charge is 0.264 e. The predicted octanol–water partition coefficient (Wildman–Crippen LogP) is 4.98. The first-order valence-electron chi connectivity index (χ1n) is 10.7. The lowest BCUT2D eigenvalue weighted by atomic mass is 10.2. The molecule has 7 heteroatoms. The van der Waals surface area contributed by atoms with Gasteiger partial charge in [0.15, 0.2) is 0 Å². The van der Waals surface area contributed by atoms with Crippen LogP contribution in [0.15, 0.2) is 89.8 Å². The van der Waals surface area contributed by atoms with Gasteiger partial charge in [-0.2, -0.15) is 0 Å². The van der Waals surface area contributed by atoms with E-state index >= 15 is 0 Å². The summed E-state index contributed by atoms with van der Waals surface area (Å²) in [7, 11) is -3.92. The van der Waals surface area contributed by atoms with Crippen LogP contribution in [0.5, 0.6) is 11.5 Å². The molecule has 0 radical (unpaired) electrons. The number of benzene rings is 3. The summed E-state index contributed by atoms with van der Waals surface area (Å²) in [6, 6.07) is 24.1. The van der Waals surface area contributed by atoms with Crippen LogP contribution in [-0.2, 0) is 14.8 Å². The van der Waals surface area contributed by atoms with Gasteiger partial charge in [-0.15, -0.1) is 0 Å². The maximum absolute atomic E-state index is 13.3. The number of rotatable bonds is 11. The third kappa shape index (κ3) is 6.34. The molecule has 0 aliphatic heterocycles. The Morgan fingerprint density at radius 1 is 0.844 bits per heavy atom. The molecule has 3 aromatic rings. The molecule has 1 amide bonds. The Kier molecular flexibility index (Phi) is 8.27. The van der Waals surface area contributed by atoms with E-state index in [9.17, 15) is 13.2 Å². The second-order valence-corrected chi connectivity index (χ2v) is 9.15. The molecular weight excluding hydrogens is 424 g/mol. The minimum Gasteiger partial charge on any atom is -0.457 e. The summed E-state index contributed by atoms with van der Waals surface area (Å²) in [5.74, 6) is 0.909. The number of carbonyl (C=O) groups is 1. The van der Waals surface area contributed by atoms with Crippen molar-refractivity contribution in [3.8, 4) is 11.5 Å². The van der Waals surface area contributed by atoms with E-state index in [0.717, 1.165) is 23.6 Å². The molecule has 0 atom stereocenters. The third-order valence-electron chi connectivity index (χ3n) is 4.82. The van der Waals surface area contributed by atoms with Crippen LogP contribution in [0.25, 0.3) is 0 Å². The van der Waals surface area contributed by atoms with Crippen molar-refractivity contribution in [2.24, 2.45) is 0 Å². The van der Waals surface area contributed by atoms with Gasteiger partial charge in [-0.05, 0) is 55.0 Å². The minimum absolute atomic E-state index is 0.128. The molecule has 0 saturated heterocycles. The molecular formula is C25H28N2O4S. The number of para-hydroxylation sites is 1. The molecule has 168 valence electrons. The molecule has 0 aromatic heterocycles. The number of ether oxygens (including phenoxy) is 1. The summed E-state index contributed by atoms with van der Waals surface area (Å²) in [6.45, 7) is 2.30. The van der Waals surface area contributed by atoms with Crippen LogP contribution in [0.2, 0.25) is 0 Å². The van der Waals surface area contributed by atoms with E-state index in [2.05, 4.69) is 12.2 Å². The monoisotopic (exact) mass is 452 g/mol. The fourth-order valence-corrected chi connectivity index (χ4v) is 4.57. The molecule has 0 unspecified atom stereocenters. The first kappa shape index (κ1) is 23.3. The Morgan fingerprint density at radius 3 is 2.06 bits per heavy atom. The Balaban J connectivity index is 1.82. The van der Waals surface area contributed by atoms with Crippen molar-refractivity contribution in [1.29, 1.82) is 0 Å². The van der Waals surface area contributed by atoms with Crippen LogP contribution >= 0.6 is 0 Å². The van der Waals surface area contributed by atoms with Gasteiger partial charge in [0, 0.05) is 6.54 Å². The lowest BCUT2D eigenvalue weighted by Gasteiger charge is -2.24. The zero-order valence-electron chi connectivity index (χ0n) is 18.1. The van der Waals surface area contributed by atoms with Gasteiger partial charge in [0.2, 0.25) is 5.91 Å². The minimum atomic E-state index is -3.92. The molecule has 3 aromatic carbocycles. The van der Waals surface area contributed by atoms with Crippen molar-refractivity contribution in [3.05, 3.63) is 84.9 Å². The van der Waals surface area contributed by atoms with Crippen molar-refractivity contribution < 1.29 is 17.9 Å². The molecule has 0 bridgehead atoms. The second-order valence-electron chi connectivity index (χ2n) is 7.29. The summed E-state index contributed by atoms with van der Waals surface area (Å²) < 4.78 is 33.6. The van der Waals surface area contributed by atoms with Gasteiger partial charge in [0.1, 0.15) is 18.0 Å². The van der Waals surface area contributed by atoms with Crippen LogP contribution in [-0.4, -0.2) is 27.4 Å². The molecule has 1 N–H and O–H groups in total. The normalized spacial score (nSPS) is 11.0. The Labute approximate surface area is 189 Å². The number of unbranched alkanes of at least 4 members (excludes halogenated alkanes) is 2. The highest BCUT2D eigenvalue weighted by atomic mass is 32.2. The van der Waals surface area contributed by atoms with E-state index in [1.54, 1.807) is 42.5 Å². The first-order valence-corrected chi connectivity index (χ1v) is 12.1. The van der Waals surface area contributed by atoms with Crippen molar-refractivity contribution in [2.75, 3.05) is 17.4 Å². The summed E-state index contributed by atoms with van der Waals surface area (Å²) in [5.41, 5.74) is 0.387. The zero-order valence-corrected chi connectivity index (χ0v) is 18.9. The number of amides is 1. The van der Waals surface area contributed by atoms with Crippen molar-refractivity contribution in [3.63, 3.8) is 0 Å². The number of hydrogen-bond acceptors (Lipinski definition) is 4. The molecule has 0 saturated carbocycles. The molecule has 0 aliphatic rings. The van der Waals surface area contributed by atoms with E-state index < -0.39 is 10.0 Å². The highest BCUT2D eigenvalue weighted by Crippen LogP contribution is 2.27. The van der Waals surface area contributed by atoms with Gasteiger partial charge >= 0.3 is 0 Å². The maximum Gasteiger partial charge on any atom is 0.264 e. The summed E-state index contributed by atoms with van der Waals surface area (Å²) in [6.07, 6.45) is 2.91. The van der Waals surface area contributed by atoms with Gasteiger partial charge in [-0.3, -0.25) is 9.10 Å². The van der Waals surface area contributed by atoms with Gasteiger partial charge in [-0.25, -0.2) is 8.42 Å². The van der Waals surface area contributed by atoms with Crippen LogP contribution in [0.3, 0.4) is 0 Å². The highest BCUT2D eigenvalue weighted by molar-refractivity contribution is 7.92. The van der Waals surface area contributed by atoms with Crippen molar-refractivity contribution in [2.45, 2.75) is 31.1 Å². The predicted molar refractivity (Wildman–Crippen MR) is 126 cm³/mol. The fraction of sp³-hybridized carbons (Fsp3) is 0.240. The molecule has 0 spiro atoms. The maximum atomic E-state index is 13.3. The number of nitrogens with zero attached hydrogens (tertiary/aromatic N) is 1. The average molecular weight is 453 g/mol. The zero-order chi connectivity index (χ0) is 22.8. The molecule has 0 aliphatic carbocycles. The number of sulfonamides is 1. The Hall–Kier alpha value is -3.32. The van der Waals surface area contributed by atoms with Crippen LogP contribution in [0, 0.1) is 0 Å². The fourth-order valence-electron chi connectivity index (χ4n) is 3.13. The molecule has 3 rings (SSSR count). The first-order chi connectivity index (χ1) is 15.5. The lowest BCUT2D eigenvalue weighted by molar-refractivity contribution is -0.119. The molecule has 6 nitrogen and oxygen atoms in total. The Morgan fingerprint density at radius 2 is 1.44 bits per heavy atom. The highest BCUT2D eigenvalue weighted by Gasteiger charge is 2.27. The van der Waals surface area contributed by atoms with Crippen LogP contribution in [0.4, 0.5) is 5.69 Å². The number of hydrogen-bond donors (Lipinski definition) is 1. The van der Waals surface area contributed by atoms with Gasteiger partial charge in [-0.1, -0.05) is 56.2 Å².